The molecule has 0 fully saturated rings. The normalized spacial score (nSPS) is 11.8. The summed E-state index contributed by atoms with van der Waals surface area (Å²) in [4.78, 5) is 11.6. The van der Waals surface area contributed by atoms with E-state index in [1.807, 2.05) is 61.5 Å². The van der Waals surface area contributed by atoms with Gasteiger partial charge in [-0.25, -0.2) is 0 Å². The van der Waals surface area contributed by atoms with Crippen LogP contribution in [0.3, 0.4) is 0 Å². The Morgan fingerprint density at radius 3 is 2.28 bits per heavy atom. The van der Waals surface area contributed by atoms with Crippen LogP contribution in [0.15, 0.2) is 54.6 Å². The van der Waals surface area contributed by atoms with Crippen LogP contribution in [-0.2, 0) is 4.79 Å². The molecule has 0 saturated heterocycles. The Bertz CT molecular complexity index is 537. The standard InChI is InChI=1S/C15H16N2O/c1-11-7-5-6-10-13(11)17-14(15(16)18)12-8-3-2-4-9-12/h2-10,14,17H,1H3,(H2,16,18). The number of hydrogen-bond donors (Lipinski definition) is 2. The molecule has 0 aromatic heterocycles. The van der Waals surface area contributed by atoms with E-state index >= 15 is 0 Å². The maximum atomic E-state index is 11.6. The van der Waals surface area contributed by atoms with Gasteiger partial charge in [-0.05, 0) is 24.1 Å². The van der Waals surface area contributed by atoms with Crippen molar-refractivity contribution >= 4 is 11.6 Å². The SMILES string of the molecule is Cc1ccccc1NC(C(N)=O)c1ccccc1. The fourth-order valence-electron chi connectivity index (χ4n) is 1.85. The fraction of sp³-hybridized carbons (Fsp3) is 0.133. The van der Waals surface area contributed by atoms with Crippen molar-refractivity contribution in [1.82, 2.24) is 0 Å². The van der Waals surface area contributed by atoms with E-state index in [9.17, 15) is 4.79 Å². The molecule has 0 aliphatic heterocycles. The minimum absolute atomic E-state index is 0.385. The highest BCUT2D eigenvalue weighted by molar-refractivity contribution is 5.84. The number of nitrogens with one attached hydrogen (secondary N) is 1. The molecule has 3 nitrogen and oxygen atoms in total. The summed E-state index contributed by atoms with van der Waals surface area (Å²) in [5, 5.41) is 3.19. The van der Waals surface area contributed by atoms with Crippen LogP contribution in [0.5, 0.6) is 0 Å². The Balaban J connectivity index is 2.28. The van der Waals surface area contributed by atoms with Crippen LogP contribution in [0.25, 0.3) is 0 Å². The fourth-order valence-corrected chi connectivity index (χ4v) is 1.85. The largest absolute Gasteiger partial charge is 0.370 e. The Morgan fingerprint density at radius 2 is 1.67 bits per heavy atom. The summed E-state index contributed by atoms with van der Waals surface area (Å²) in [6, 6.07) is 16.8. The van der Waals surface area contributed by atoms with Gasteiger partial charge in [-0.3, -0.25) is 4.79 Å². The van der Waals surface area contributed by atoms with E-state index in [0.29, 0.717) is 0 Å². The maximum absolute atomic E-state index is 11.6. The van der Waals surface area contributed by atoms with Crippen LogP contribution in [0, 0.1) is 6.92 Å². The average molecular weight is 240 g/mol. The number of benzene rings is 2. The molecular formula is C15H16N2O. The molecule has 0 spiro atoms. The second-order valence-electron chi connectivity index (χ2n) is 4.21. The Hall–Kier alpha value is -2.29. The van der Waals surface area contributed by atoms with Crippen LogP contribution in [0.4, 0.5) is 5.69 Å². The van der Waals surface area contributed by atoms with Gasteiger partial charge in [0.05, 0.1) is 0 Å². The summed E-state index contributed by atoms with van der Waals surface area (Å²) in [7, 11) is 0. The minimum Gasteiger partial charge on any atom is -0.370 e. The molecule has 0 bridgehead atoms. The summed E-state index contributed by atoms with van der Waals surface area (Å²) in [6.45, 7) is 1.99. The highest BCUT2D eigenvalue weighted by Crippen LogP contribution is 2.21. The zero-order valence-corrected chi connectivity index (χ0v) is 10.3. The van der Waals surface area contributed by atoms with Crippen LogP contribution in [0.1, 0.15) is 17.2 Å². The van der Waals surface area contributed by atoms with Gasteiger partial charge in [-0.2, -0.15) is 0 Å². The molecule has 1 unspecified atom stereocenters. The Labute approximate surface area is 107 Å². The molecule has 0 heterocycles. The molecule has 1 amide bonds. The quantitative estimate of drug-likeness (QED) is 0.863. The molecule has 0 saturated carbocycles. The summed E-state index contributed by atoms with van der Waals surface area (Å²) in [5.41, 5.74) is 8.34. The van der Waals surface area contributed by atoms with Gasteiger partial charge in [0.15, 0.2) is 0 Å². The third-order valence-corrected chi connectivity index (χ3v) is 2.86. The molecule has 18 heavy (non-hydrogen) atoms. The summed E-state index contributed by atoms with van der Waals surface area (Å²) in [5.74, 6) is -0.385. The van der Waals surface area contributed by atoms with Gasteiger partial charge in [-0.1, -0.05) is 48.5 Å². The molecule has 0 aliphatic rings. The highest BCUT2D eigenvalue weighted by atomic mass is 16.1. The molecule has 3 N–H and O–H groups in total. The van der Waals surface area contributed by atoms with E-state index in [0.717, 1.165) is 16.8 Å². The predicted octanol–water partition coefficient (Wildman–Crippen LogP) is 2.63. The first-order valence-corrected chi connectivity index (χ1v) is 5.85. The smallest absolute Gasteiger partial charge is 0.244 e. The van der Waals surface area contributed by atoms with E-state index < -0.39 is 6.04 Å². The van der Waals surface area contributed by atoms with Gasteiger partial charge in [0, 0.05) is 5.69 Å². The third kappa shape index (κ3) is 2.69. The molecule has 2 rings (SSSR count). The van der Waals surface area contributed by atoms with Gasteiger partial charge in [0.1, 0.15) is 6.04 Å². The van der Waals surface area contributed by atoms with Crippen molar-refractivity contribution in [2.75, 3.05) is 5.32 Å². The zero-order chi connectivity index (χ0) is 13.0. The lowest BCUT2D eigenvalue weighted by Crippen LogP contribution is -2.27. The van der Waals surface area contributed by atoms with E-state index in [1.165, 1.54) is 0 Å². The first-order chi connectivity index (χ1) is 8.68. The van der Waals surface area contributed by atoms with Gasteiger partial charge < -0.3 is 11.1 Å². The molecule has 92 valence electrons. The first-order valence-electron chi connectivity index (χ1n) is 5.85. The van der Waals surface area contributed by atoms with Gasteiger partial charge >= 0.3 is 0 Å². The lowest BCUT2D eigenvalue weighted by molar-refractivity contribution is -0.118. The summed E-state index contributed by atoms with van der Waals surface area (Å²) < 4.78 is 0. The number of carbonyl (C=O) groups excluding carboxylic acids is 1. The van der Waals surface area contributed by atoms with Crippen LogP contribution in [-0.4, -0.2) is 5.91 Å². The van der Waals surface area contributed by atoms with Crippen molar-refractivity contribution in [3.05, 3.63) is 65.7 Å². The van der Waals surface area contributed by atoms with Crippen molar-refractivity contribution in [1.29, 1.82) is 0 Å². The van der Waals surface area contributed by atoms with Gasteiger partial charge in [0.2, 0.25) is 5.91 Å². The molecule has 0 aliphatic carbocycles. The summed E-state index contributed by atoms with van der Waals surface area (Å²) >= 11 is 0. The number of hydrogen-bond acceptors (Lipinski definition) is 2. The number of carbonyl (C=O) groups is 1. The highest BCUT2D eigenvalue weighted by Gasteiger charge is 2.17. The van der Waals surface area contributed by atoms with Crippen molar-refractivity contribution < 1.29 is 4.79 Å². The second kappa shape index (κ2) is 5.36. The molecule has 1 atom stereocenters. The van der Waals surface area contributed by atoms with E-state index in [1.54, 1.807) is 0 Å². The molecule has 2 aromatic carbocycles. The van der Waals surface area contributed by atoms with E-state index in [4.69, 9.17) is 5.73 Å². The number of para-hydroxylation sites is 1. The first kappa shape index (κ1) is 12.2. The zero-order valence-electron chi connectivity index (χ0n) is 10.3. The van der Waals surface area contributed by atoms with Crippen molar-refractivity contribution in [3.63, 3.8) is 0 Å². The number of amides is 1. The maximum Gasteiger partial charge on any atom is 0.244 e. The molecule has 0 radical (unpaired) electrons. The van der Waals surface area contributed by atoms with Crippen LogP contribution < -0.4 is 11.1 Å². The third-order valence-electron chi connectivity index (χ3n) is 2.86. The second-order valence-corrected chi connectivity index (χ2v) is 4.21. The Morgan fingerprint density at radius 1 is 1.06 bits per heavy atom. The van der Waals surface area contributed by atoms with Crippen LogP contribution >= 0.6 is 0 Å². The molecule has 3 heteroatoms. The lowest BCUT2D eigenvalue weighted by Gasteiger charge is -2.18. The minimum atomic E-state index is -0.507. The number of primary amides is 1. The van der Waals surface area contributed by atoms with Crippen LogP contribution in [0.2, 0.25) is 0 Å². The van der Waals surface area contributed by atoms with Gasteiger partial charge in [0.25, 0.3) is 0 Å². The van der Waals surface area contributed by atoms with Crippen molar-refractivity contribution in [3.8, 4) is 0 Å². The summed E-state index contributed by atoms with van der Waals surface area (Å²) in [6.07, 6.45) is 0. The van der Waals surface area contributed by atoms with Crippen molar-refractivity contribution in [2.45, 2.75) is 13.0 Å². The lowest BCUT2D eigenvalue weighted by atomic mass is 10.1. The Kier molecular flexibility index (Phi) is 3.63. The molecule has 2 aromatic rings. The number of nitrogens with two attached hydrogens (primary N) is 1. The number of aryl methyl sites for hydroxylation is 1. The monoisotopic (exact) mass is 240 g/mol. The topological polar surface area (TPSA) is 55.1 Å². The van der Waals surface area contributed by atoms with Crippen molar-refractivity contribution in [2.24, 2.45) is 5.73 Å². The van der Waals surface area contributed by atoms with E-state index in [2.05, 4.69) is 5.32 Å². The number of rotatable bonds is 4. The van der Waals surface area contributed by atoms with Gasteiger partial charge in [-0.15, -0.1) is 0 Å². The van der Waals surface area contributed by atoms with E-state index in [-0.39, 0.29) is 5.91 Å². The predicted molar refractivity (Wildman–Crippen MR) is 73.2 cm³/mol. The number of anilines is 1. The average Bonchev–Trinajstić information content (AvgIpc) is 2.38. The molecular weight excluding hydrogens is 224 g/mol.